The minimum Gasteiger partial charge on any atom is -0.494 e. The van der Waals surface area contributed by atoms with Crippen LogP contribution < -0.4 is 29.6 Å². The summed E-state index contributed by atoms with van der Waals surface area (Å²) in [6.07, 6.45) is 0.245. The average molecular weight is 426 g/mol. The quantitative estimate of drug-likeness (QED) is 0.770. The van der Waals surface area contributed by atoms with Gasteiger partial charge in [0.25, 0.3) is 0 Å². The molecule has 0 radical (unpaired) electrons. The van der Waals surface area contributed by atoms with E-state index in [-0.39, 0.29) is 30.9 Å². The van der Waals surface area contributed by atoms with E-state index in [1.165, 1.54) is 7.11 Å². The molecule has 0 bridgehead atoms. The molecule has 2 amide bonds. The Morgan fingerprint density at radius 1 is 1.10 bits per heavy atom. The van der Waals surface area contributed by atoms with E-state index in [9.17, 15) is 9.59 Å². The summed E-state index contributed by atoms with van der Waals surface area (Å²) in [5.41, 5.74) is 2.35. The highest BCUT2D eigenvalue weighted by molar-refractivity contribution is 5.99. The number of carbonyl (C=O) groups excluding carboxylic acids is 2. The molecule has 2 aliphatic heterocycles. The summed E-state index contributed by atoms with van der Waals surface area (Å²) < 4.78 is 22.0. The summed E-state index contributed by atoms with van der Waals surface area (Å²) in [6.45, 7) is 5.65. The van der Waals surface area contributed by atoms with Crippen molar-refractivity contribution in [1.29, 1.82) is 0 Å². The van der Waals surface area contributed by atoms with Gasteiger partial charge in [0.15, 0.2) is 11.5 Å². The van der Waals surface area contributed by atoms with Crippen LogP contribution in [0.15, 0.2) is 24.3 Å². The van der Waals surface area contributed by atoms with Gasteiger partial charge in [0.05, 0.1) is 19.9 Å². The van der Waals surface area contributed by atoms with Gasteiger partial charge in [-0.1, -0.05) is 20.8 Å². The fraction of sp³-hybridized carbons (Fsp3) is 0.391. The summed E-state index contributed by atoms with van der Waals surface area (Å²) in [5, 5.41) is 5.86. The van der Waals surface area contributed by atoms with Gasteiger partial charge >= 0.3 is 0 Å². The first-order valence-corrected chi connectivity index (χ1v) is 10.0. The minimum atomic E-state index is -0.570. The van der Waals surface area contributed by atoms with Crippen LogP contribution in [0, 0.1) is 5.41 Å². The number of rotatable bonds is 4. The third-order valence-electron chi connectivity index (χ3n) is 5.42. The number of benzene rings is 2. The molecule has 0 aliphatic carbocycles. The van der Waals surface area contributed by atoms with Crippen LogP contribution in [0.3, 0.4) is 0 Å². The number of methoxy groups -OCH3 is 2. The molecule has 8 heteroatoms. The lowest BCUT2D eigenvalue weighted by Crippen LogP contribution is -2.28. The van der Waals surface area contributed by atoms with Gasteiger partial charge in [-0.15, -0.1) is 0 Å². The maximum atomic E-state index is 12.6. The van der Waals surface area contributed by atoms with Crippen molar-refractivity contribution in [3.63, 3.8) is 0 Å². The fourth-order valence-electron chi connectivity index (χ4n) is 3.71. The lowest BCUT2D eigenvalue weighted by Gasteiger charge is -2.28. The Labute approximate surface area is 180 Å². The molecule has 8 nitrogen and oxygen atoms in total. The third kappa shape index (κ3) is 3.85. The number of fused-ring (bicyclic) bond motifs is 2. The maximum Gasteiger partial charge on any atom is 0.231 e. The molecule has 4 rings (SSSR count). The van der Waals surface area contributed by atoms with E-state index in [2.05, 4.69) is 10.6 Å². The molecular weight excluding hydrogens is 400 g/mol. The van der Waals surface area contributed by atoms with E-state index >= 15 is 0 Å². The summed E-state index contributed by atoms with van der Waals surface area (Å²) >= 11 is 0. The largest absolute Gasteiger partial charge is 0.494 e. The lowest BCUT2D eigenvalue weighted by molar-refractivity contribution is -0.123. The maximum absolute atomic E-state index is 12.6. The first-order valence-electron chi connectivity index (χ1n) is 10.0. The van der Waals surface area contributed by atoms with E-state index in [0.29, 0.717) is 34.4 Å². The Balaban J connectivity index is 1.81. The van der Waals surface area contributed by atoms with Crippen molar-refractivity contribution in [2.24, 2.45) is 5.41 Å². The number of nitrogens with one attached hydrogen (secondary N) is 2. The highest BCUT2D eigenvalue weighted by Gasteiger charge is 2.32. The number of hydrogen-bond donors (Lipinski definition) is 2. The molecule has 2 aromatic carbocycles. The van der Waals surface area contributed by atoms with Gasteiger partial charge < -0.3 is 29.6 Å². The summed E-state index contributed by atoms with van der Waals surface area (Å²) in [5.74, 6) is 1.65. The second-order valence-corrected chi connectivity index (χ2v) is 8.61. The van der Waals surface area contributed by atoms with Gasteiger partial charge in [0, 0.05) is 29.5 Å². The number of anilines is 2. The van der Waals surface area contributed by atoms with Crippen molar-refractivity contribution in [2.45, 2.75) is 33.1 Å². The zero-order valence-corrected chi connectivity index (χ0v) is 18.3. The van der Waals surface area contributed by atoms with E-state index in [1.54, 1.807) is 13.2 Å². The van der Waals surface area contributed by atoms with Crippen molar-refractivity contribution < 1.29 is 28.5 Å². The molecule has 0 saturated heterocycles. The van der Waals surface area contributed by atoms with E-state index < -0.39 is 5.41 Å². The first-order chi connectivity index (χ1) is 14.7. The molecule has 1 atom stereocenters. The van der Waals surface area contributed by atoms with Crippen LogP contribution in [0.5, 0.6) is 23.0 Å². The Hall–Kier alpha value is -3.42. The van der Waals surface area contributed by atoms with E-state index in [4.69, 9.17) is 18.9 Å². The molecule has 2 aliphatic rings. The topological polar surface area (TPSA) is 95.1 Å². The molecule has 2 aromatic rings. The molecule has 164 valence electrons. The van der Waals surface area contributed by atoms with Gasteiger partial charge in [-0.3, -0.25) is 9.59 Å². The lowest BCUT2D eigenvalue weighted by atomic mass is 9.84. The highest BCUT2D eigenvalue weighted by atomic mass is 16.7. The summed E-state index contributed by atoms with van der Waals surface area (Å²) in [7, 11) is 3.09. The number of carbonyl (C=O) groups is 2. The predicted molar refractivity (Wildman–Crippen MR) is 115 cm³/mol. The molecule has 1 unspecified atom stereocenters. The second-order valence-electron chi connectivity index (χ2n) is 8.61. The van der Waals surface area contributed by atoms with Gasteiger partial charge in [0.1, 0.15) is 5.75 Å². The van der Waals surface area contributed by atoms with Crippen molar-refractivity contribution in [3.05, 3.63) is 35.4 Å². The number of ether oxygens (including phenoxy) is 4. The molecule has 2 heterocycles. The van der Waals surface area contributed by atoms with Crippen LogP contribution in [-0.4, -0.2) is 32.8 Å². The van der Waals surface area contributed by atoms with E-state index in [1.807, 2.05) is 39.0 Å². The Bertz CT molecular complexity index is 1060. The molecule has 0 aromatic heterocycles. The van der Waals surface area contributed by atoms with Crippen LogP contribution in [0.4, 0.5) is 11.4 Å². The van der Waals surface area contributed by atoms with Crippen molar-refractivity contribution >= 4 is 23.2 Å². The third-order valence-corrected chi connectivity index (χ3v) is 5.42. The smallest absolute Gasteiger partial charge is 0.231 e. The molecular formula is C23H26N2O6. The summed E-state index contributed by atoms with van der Waals surface area (Å²) in [4.78, 5) is 25.1. The first kappa shape index (κ1) is 20.8. The van der Waals surface area contributed by atoms with Crippen LogP contribution >= 0.6 is 0 Å². The zero-order chi connectivity index (χ0) is 22.3. The molecule has 2 N–H and O–H groups in total. The van der Waals surface area contributed by atoms with Crippen LogP contribution in [-0.2, 0) is 9.59 Å². The van der Waals surface area contributed by atoms with Gasteiger partial charge in [-0.05, 0) is 29.3 Å². The van der Waals surface area contributed by atoms with Crippen molar-refractivity contribution in [2.75, 3.05) is 31.6 Å². The van der Waals surface area contributed by atoms with Gasteiger partial charge in [-0.2, -0.15) is 0 Å². The summed E-state index contributed by atoms with van der Waals surface area (Å²) in [6, 6.07) is 7.33. The normalized spacial score (nSPS) is 16.9. The van der Waals surface area contributed by atoms with Gasteiger partial charge in [-0.25, -0.2) is 0 Å². The Morgan fingerprint density at radius 2 is 1.84 bits per heavy atom. The monoisotopic (exact) mass is 426 g/mol. The predicted octanol–water partition coefficient (Wildman–Crippen LogP) is 3.89. The SMILES string of the molecule is COc1cc2c(cc1NC(=O)C(C)(C)C)C(c1cc(OC)c3c(c1)OCO3)CC(=O)N2. The molecule has 0 fully saturated rings. The van der Waals surface area contributed by atoms with Crippen molar-refractivity contribution in [3.8, 4) is 23.0 Å². The van der Waals surface area contributed by atoms with Crippen molar-refractivity contribution in [1.82, 2.24) is 0 Å². The van der Waals surface area contributed by atoms with Gasteiger partial charge in [0.2, 0.25) is 24.4 Å². The second kappa shape index (κ2) is 7.68. The average Bonchev–Trinajstić information content (AvgIpc) is 3.20. The van der Waals surface area contributed by atoms with Crippen LogP contribution in [0.25, 0.3) is 0 Å². The molecule has 31 heavy (non-hydrogen) atoms. The van der Waals surface area contributed by atoms with E-state index in [0.717, 1.165) is 11.1 Å². The highest BCUT2D eigenvalue weighted by Crippen LogP contribution is 2.48. The molecule has 0 saturated carbocycles. The van der Waals surface area contributed by atoms with Crippen LogP contribution in [0.1, 0.15) is 44.2 Å². The number of amides is 2. The Morgan fingerprint density at radius 3 is 2.52 bits per heavy atom. The van der Waals surface area contributed by atoms with Crippen LogP contribution in [0.2, 0.25) is 0 Å². The minimum absolute atomic E-state index is 0.109. The number of hydrogen-bond acceptors (Lipinski definition) is 6. The Kier molecular flexibility index (Phi) is 5.16. The standard InChI is InChI=1S/C23H26N2O6/c1-23(2,3)22(27)25-16-8-14-13(9-20(26)24-15(14)10-17(16)28-4)12-6-18(29-5)21-19(7-12)30-11-31-21/h6-8,10,13H,9,11H2,1-5H3,(H,24,26)(H,25,27). The molecule has 0 spiro atoms. The fourth-order valence-corrected chi connectivity index (χ4v) is 3.71. The zero-order valence-electron chi connectivity index (χ0n) is 18.3.